The van der Waals surface area contributed by atoms with Gasteiger partial charge in [0.25, 0.3) is 0 Å². The molecule has 3 N–H and O–H groups in total. The van der Waals surface area contributed by atoms with E-state index in [1.165, 1.54) is 6.07 Å². The van der Waals surface area contributed by atoms with E-state index in [4.69, 9.17) is 20.4 Å². The Balaban J connectivity index is 2.31. The lowest BCUT2D eigenvalue weighted by Gasteiger charge is -2.05. The molecule has 0 fully saturated rings. The fraction of sp³-hybridized carbons (Fsp3) is 0.250. The second-order valence-corrected chi connectivity index (χ2v) is 3.77. The van der Waals surface area contributed by atoms with Gasteiger partial charge in [-0.1, -0.05) is 0 Å². The first-order chi connectivity index (χ1) is 8.63. The number of rotatable bonds is 5. The molecule has 6 heteroatoms. The molecule has 0 aliphatic rings. The Morgan fingerprint density at radius 2 is 2.17 bits per heavy atom. The van der Waals surface area contributed by atoms with Gasteiger partial charge in [0.1, 0.15) is 18.1 Å². The third-order valence-electron chi connectivity index (χ3n) is 2.59. The van der Waals surface area contributed by atoms with Crippen molar-refractivity contribution in [3.8, 4) is 5.75 Å². The minimum Gasteiger partial charge on any atom is -0.491 e. The van der Waals surface area contributed by atoms with Gasteiger partial charge in [-0.2, -0.15) is 0 Å². The quantitative estimate of drug-likeness (QED) is 0.612. The highest BCUT2D eigenvalue weighted by atomic mass is 16.5. The molecule has 0 radical (unpaired) electrons. The molecular weight excluding hydrogens is 236 g/mol. The summed E-state index contributed by atoms with van der Waals surface area (Å²) in [7, 11) is 1.60. The van der Waals surface area contributed by atoms with Gasteiger partial charge in [-0.25, -0.2) is 4.79 Å². The third kappa shape index (κ3) is 2.23. The number of carboxylic acid groups (broad SMARTS) is 1. The van der Waals surface area contributed by atoms with E-state index in [1.807, 2.05) is 0 Å². The van der Waals surface area contributed by atoms with Gasteiger partial charge in [-0.05, 0) is 24.3 Å². The molecule has 96 valence electrons. The number of nitrogens with two attached hydrogens (primary N) is 1. The molecule has 18 heavy (non-hydrogen) atoms. The van der Waals surface area contributed by atoms with Crippen molar-refractivity contribution in [2.75, 3.05) is 26.2 Å². The summed E-state index contributed by atoms with van der Waals surface area (Å²) in [5.74, 6) is 5.28. The lowest BCUT2D eigenvalue weighted by Crippen LogP contribution is -2.15. The van der Waals surface area contributed by atoms with E-state index in [2.05, 4.69) is 0 Å². The Morgan fingerprint density at radius 1 is 1.39 bits per heavy atom. The molecule has 0 aliphatic heterocycles. The number of nitrogen functional groups attached to an aromatic ring is 1. The Bertz CT molecular complexity index is 577. The zero-order valence-corrected chi connectivity index (χ0v) is 9.92. The van der Waals surface area contributed by atoms with E-state index in [0.29, 0.717) is 24.5 Å². The van der Waals surface area contributed by atoms with Gasteiger partial charge in [0, 0.05) is 12.5 Å². The first-order valence-corrected chi connectivity index (χ1v) is 5.39. The van der Waals surface area contributed by atoms with Crippen molar-refractivity contribution in [2.24, 2.45) is 0 Å². The predicted molar refractivity (Wildman–Crippen MR) is 66.4 cm³/mol. The van der Waals surface area contributed by atoms with Crippen LogP contribution in [0.3, 0.4) is 0 Å². The fourth-order valence-electron chi connectivity index (χ4n) is 1.71. The number of aromatic carboxylic acids is 1. The van der Waals surface area contributed by atoms with E-state index in [1.54, 1.807) is 25.3 Å². The number of hydrogen-bond donors (Lipinski definition) is 2. The largest absolute Gasteiger partial charge is 0.491 e. The summed E-state index contributed by atoms with van der Waals surface area (Å²) in [5.41, 5.74) is 0.686. The minimum atomic E-state index is -1.06. The molecule has 1 aromatic heterocycles. The van der Waals surface area contributed by atoms with Gasteiger partial charge in [0.15, 0.2) is 0 Å². The number of nitrogens with zero attached hydrogens (tertiary/aromatic N) is 1. The first kappa shape index (κ1) is 12.3. The van der Waals surface area contributed by atoms with E-state index >= 15 is 0 Å². The Hall–Kier alpha value is -2.21. The van der Waals surface area contributed by atoms with Crippen molar-refractivity contribution in [1.29, 1.82) is 0 Å². The summed E-state index contributed by atoms with van der Waals surface area (Å²) < 4.78 is 11.5. The Morgan fingerprint density at radius 3 is 2.83 bits per heavy atom. The zero-order chi connectivity index (χ0) is 13.1. The standard InChI is InChI=1S/C12H14N2O4/c1-17-4-5-18-9-2-3-10-8(6-9)7-11(12(15)16)14(10)13/h2-3,6-7H,4-5,13H2,1H3,(H,15,16). The molecule has 1 heterocycles. The maximum Gasteiger partial charge on any atom is 0.354 e. The maximum absolute atomic E-state index is 10.9. The van der Waals surface area contributed by atoms with Crippen LogP contribution in [0, 0.1) is 0 Å². The average molecular weight is 250 g/mol. The molecule has 0 amide bonds. The molecule has 0 saturated carbocycles. The second-order valence-electron chi connectivity index (χ2n) is 3.77. The van der Waals surface area contributed by atoms with Crippen molar-refractivity contribution in [2.45, 2.75) is 0 Å². The number of carbonyl (C=O) groups is 1. The summed E-state index contributed by atoms with van der Waals surface area (Å²) in [6.45, 7) is 0.938. The highest BCUT2D eigenvalue weighted by Crippen LogP contribution is 2.23. The number of benzene rings is 1. The molecule has 0 saturated heterocycles. The first-order valence-electron chi connectivity index (χ1n) is 5.39. The molecule has 6 nitrogen and oxygen atoms in total. The van der Waals surface area contributed by atoms with Gasteiger partial charge in [-0.15, -0.1) is 0 Å². The summed E-state index contributed by atoms with van der Waals surface area (Å²) in [6.07, 6.45) is 0. The Labute approximate surface area is 103 Å². The summed E-state index contributed by atoms with van der Waals surface area (Å²) >= 11 is 0. The number of ether oxygens (including phenoxy) is 2. The maximum atomic E-state index is 10.9. The zero-order valence-electron chi connectivity index (χ0n) is 9.92. The van der Waals surface area contributed by atoms with Crippen LogP contribution < -0.4 is 10.6 Å². The monoisotopic (exact) mass is 250 g/mol. The fourth-order valence-corrected chi connectivity index (χ4v) is 1.71. The van der Waals surface area contributed by atoms with Crippen LogP contribution in [0.5, 0.6) is 5.75 Å². The lowest BCUT2D eigenvalue weighted by molar-refractivity contribution is 0.0688. The van der Waals surface area contributed by atoms with Crippen molar-refractivity contribution in [1.82, 2.24) is 4.68 Å². The topological polar surface area (TPSA) is 86.7 Å². The number of fused-ring (bicyclic) bond motifs is 1. The average Bonchev–Trinajstić information content (AvgIpc) is 2.67. The molecule has 0 spiro atoms. The van der Waals surface area contributed by atoms with Gasteiger partial charge < -0.3 is 20.4 Å². The summed E-state index contributed by atoms with van der Waals surface area (Å²) in [4.78, 5) is 10.9. The highest BCUT2D eigenvalue weighted by molar-refractivity contribution is 5.95. The van der Waals surface area contributed by atoms with Gasteiger partial charge in [-0.3, -0.25) is 4.68 Å². The third-order valence-corrected chi connectivity index (χ3v) is 2.59. The smallest absolute Gasteiger partial charge is 0.354 e. The van der Waals surface area contributed by atoms with Crippen LogP contribution in [0.15, 0.2) is 24.3 Å². The van der Waals surface area contributed by atoms with E-state index in [9.17, 15) is 4.79 Å². The number of carboxylic acids is 1. The molecule has 0 bridgehead atoms. The number of methoxy groups -OCH3 is 1. The highest BCUT2D eigenvalue weighted by Gasteiger charge is 2.12. The van der Waals surface area contributed by atoms with Crippen LogP contribution in [0.1, 0.15) is 10.5 Å². The van der Waals surface area contributed by atoms with Crippen LogP contribution in [0.25, 0.3) is 10.9 Å². The number of hydrogen-bond acceptors (Lipinski definition) is 4. The van der Waals surface area contributed by atoms with Crippen molar-refractivity contribution in [3.05, 3.63) is 30.0 Å². The summed E-state index contributed by atoms with van der Waals surface area (Å²) in [5, 5.41) is 9.69. The molecular formula is C12H14N2O4. The van der Waals surface area contributed by atoms with Crippen LogP contribution in [-0.2, 0) is 4.74 Å². The van der Waals surface area contributed by atoms with Crippen LogP contribution in [0.2, 0.25) is 0 Å². The molecule has 1 aromatic carbocycles. The molecule has 0 aliphatic carbocycles. The van der Waals surface area contributed by atoms with E-state index in [-0.39, 0.29) is 5.69 Å². The van der Waals surface area contributed by atoms with Gasteiger partial charge in [0.2, 0.25) is 0 Å². The van der Waals surface area contributed by atoms with Crippen molar-refractivity contribution >= 4 is 16.9 Å². The molecule has 0 atom stereocenters. The van der Waals surface area contributed by atoms with Crippen LogP contribution in [0.4, 0.5) is 0 Å². The van der Waals surface area contributed by atoms with Crippen molar-refractivity contribution in [3.63, 3.8) is 0 Å². The van der Waals surface area contributed by atoms with E-state index in [0.717, 1.165) is 10.1 Å². The SMILES string of the molecule is COCCOc1ccc2c(c1)cc(C(=O)O)n2N. The molecule has 2 rings (SSSR count). The molecule has 0 unspecified atom stereocenters. The van der Waals surface area contributed by atoms with Crippen LogP contribution in [-0.4, -0.2) is 36.1 Å². The van der Waals surface area contributed by atoms with Crippen molar-refractivity contribution < 1.29 is 19.4 Å². The Kier molecular flexibility index (Phi) is 3.38. The minimum absolute atomic E-state index is 0.0408. The summed E-state index contributed by atoms with van der Waals surface area (Å²) in [6, 6.07) is 6.73. The predicted octanol–water partition coefficient (Wildman–Crippen LogP) is 1.08. The number of aromatic nitrogens is 1. The van der Waals surface area contributed by atoms with E-state index < -0.39 is 5.97 Å². The van der Waals surface area contributed by atoms with Crippen LogP contribution >= 0.6 is 0 Å². The molecule has 2 aromatic rings. The normalized spacial score (nSPS) is 10.7. The lowest BCUT2D eigenvalue weighted by atomic mass is 10.2. The second kappa shape index (κ2) is 4.97. The van der Waals surface area contributed by atoms with Gasteiger partial charge >= 0.3 is 5.97 Å². The van der Waals surface area contributed by atoms with Gasteiger partial charge in [0.05, 0.1) is 12.1 Å².